The molecule has 0 saturated carbocycles. The largest absolute Gasteiger partial charge is 0.396 e. The molecule has 5 heteroatoms. The number of hydrogen-bond donors (Lipinski definition) is 2. The van der Waals surface area contributed by atoms with Crippen LogP contribution in [0.4, 0.5) is 0 Å². The number of benzene rings is 1. The van der Waals surface area contributed by atoms with E-state index in [-0.39, 0.29) is 30.5 Å². The Balaban J connectivity index is 2.18. The first kappa shape index (κ1) is 15.3. The molecular weight excluding hydrogens is 268 g/mol. The van der Waals surface area contributed by atoms with Crippen molar-refractivity contribution in [1.82, 2.24) is 9.88 Å². The van der Waals surface area contributed by atoms with Crippen LogP contribution in [-0.4, -0.2) is 28.2 Å². The second-order valence-corrected chi connectivity index (χ2v) is 5.01. The van der Waals surface area contributed by atoms with Crippen molar-refractivity contribution in [3.8, 4) is 0 Å². The molecule has 112 valence electrons. The molecule has 1 heterocycles. The van der Waals surface area contributed by atoms with Crippen LogP contribution in [0.25, 0.3) is 10.9 Å². The van der Waals surface area contributed by atoms with Gasteiger partial charge < -0.3 is 15.0 Å². The molecule has 0 aliphatic carbocycles. The monoisotopic (exact) mass is 288 g/mol. The summed E-state index contributed by atoms with van der Waals surface area (Å²) in [5.74, 6) is -0.121. The van der Waals surface area contributed by atoms with Gasteiger partial charge in [0.15, 0.2) is 5.43 Å². The van der Waals surface area contributed by atoms with E-state index in [1.54, 1.807) is 16.8 Å². The maximum absolute atomic E-state index is 12.1. The maximum Gasteiger partial charge on any atom is 0.240 e. The van der Waals surface area contributed by atoms with E-state index in [9.17, 15) is 9.59 Å². The van der Waals surface area contributed by atoms with Crippen molar-refractivity contribution < 1.29 is 9.90 Å². The smallest absolute Gasteiger partial charge is 0.240 e. The summed E-state index contributed by atoms with van der Waals surface area (Å²) >= 11 is 0. The SMILES string of the molecule is CCC(CCO)NC(=O)Cn1ccc(=O)c2ccccc21. The van der Waals surface area contributed by atoms with Crippen molar-refractivity contribution in [2.75, 3.05) is 6.61 Å². The van der Waals surface area contributed by atoms with Crippen LogP contribution in [0.5, 0.6) is 0 Å². The van der Waals surface area contributed by atoms with E-state index in [1.807, 2.05) is 25.1 Å². The zero-order chi connectivity index (χ0) is 15.2. The lowest BCUT2D eigenvalue weighted by Gasteiger charge is -2.17. The molecule has 0 bridgehead atoms. The Morgan fingerprint density at radius 3 is 2.81 bits per heavy atom. The van der Waals surface area contributed by atoms with Gasteiger partial charge in [0.2, 0.25) is 5.91 Å². The van der Waals surface area contributed by atoms with Crippen molar-refractivity contribution >= 4 is 16.8 Å². The lowest BCUT2D eigenvalue weighted by molar-refractivity contribution is -0.122. The summed E-state index contributed by atoms with van der Waals surface area (Å²) in [7, 11) is 0. The van der Waals surface area contributed by atoms with Crippen LogP contribution in [0.3, 0.4) is 0 Å². The van der Waals surface area contributed by atoms with Crippen molar-refractivity contribution in [2.45, 2.75) is 32.4 Å². The number of aromatic nitrogens is 1. The minimum absolute atomic E-state index is 0.0202. The summed E-state index contributed by atoms with van der Waals surface area (Å²) in [6, 6.07) is 8.69. The Morgan fingerprint density at radius 1 is 1.33 bits per heavy atom. The summed E-state index contributed by atoms with van der Waals surface area (Å²) in [5.41, 5.74) is 0.698. The molecule has 0 spiro atoms. The van der Waals surface area contributed by atoms with E-state index in [0.29, 0.717) is 11.8 Å². The van der Waals surface area contributed by atoms with Gasteiger partial charge in [-0.3, -0.25) is 9.59 Å². The van der Waals surface area contributed by atoms with Crippen LogP contribution >= 0.6 is 0 Å². The van der Waals surface area contributed by atoms with Gasteiger partial charge in [0.1, 0.15) is 6.54 Å². The molecule has 1 aromatic carbocycles. The van der Waals surface area contributed by atoms with E-state index in [1.165, 1.54) is 6.07 Å². The molecule has 2 aromatic rings. The molecule has 5 nitrogen and oxygen atoms in total. The van der Waals surface area contributed by atoms with Crippen molar-refractivity contribution in [1.29, 1.82) is 0 Å². The third-order valence-electron chi connectivity index (χ3n) is 3.53. The first-order valence-electron chi connectivity index (χ1n) is 7.14. The number of fused-ring (bicyclic) bond motifs is 1. The maximum atomic E-state index is 12.1. The third kappa shape index (κ3) is 3.70. The van der Waals surface area contributed by atoms with Crippen molar-refractivity contribution in [3.63, 3.8) is 0 Å². The first-order valence-corrected chi connectivity index (χ1v) is 7.14. The lowest BCUT2D eigenvalue weighted by Crippen LogP contribution is -2.37. The Hall–Kier alpha value is -2.14. The third-order valence-corrected chi connectivity index (χ3v) is 3.53. The standard InChI is InChI=1S/C16H20N2O3/c1-2-12(8-10-19)17-16(21)11-18-9-7-15(20)13-5-3-4-6-14(13)18/h3-7,9,12,19H,2,8,10-11H2,1H3,(H,17,21). The van der Waals surface area contributed by atoms with E-state index >= 15 is 0 Å². The molecule has 0 fully saturated rings. The summed E-state index contributed by atoms with van der Waals surface area (Å²) in [6.45, 7) is 2.18. The first-order chi connectivity index (χ1) is 10.2. The Morgan fingerprint density at radius 2 is 2.10 bits per heavy atom. The van der Waals surface area contributed by atoms with Crippen molar-refractivity contribution in [3.05, 3.63) is 46.8 Å². The summed E-state index contributed by atoms with van der Waals surface area (Å²) in [5, 5.41) is 12.5. The van der Waals surface area contributed by atoms with Crippen LogP contribution in [-0.2, 0) is 11.3 Å². The van der Waals surface area contributed by atoms with Crippen LogP contribution < -0.4 is 10.7 Å². The number of pyridine rings is 1. The number of carbonyl (C=O) groups excluding carboxylic acids is 1. The fourth-order valence-electron chi connectivity index (χ4n) is 2.36. The number of amides is 1. The molecule has 0 radical (unpaired) electrons. The zero-order valence-electron chi connectivity index (χ0n) is 12.1. The summed E-state index contributed by atoms with van der Waals surface area (Å²) in [4.78, 5) is 23.9. The highest BCUT2D eigenvalue weighted by atomic mass is 16.3. The number of carbonyl (C=O) groups is 1. The highest BCUT2D eigenvalue weighted by Crippen LogP contribution is 2.09. The average molecular weight is 288 g/mol. The number of hydrogen-bond acceptors (Lipinski definition) is 3. The van der Waals surface area contributed by atoms with Gasteiger partial charge in [-0.15, -0.1) is 0 Å². The second-order valence-electron chi connectivity index (χ2n) is 5.01. The molecule has 1 amide bonds. The molecule has 0 saturated heterocycles. The van der Waals surface area contributed by atoms with Gasteiger partial charge in [-0.2, -0.15) is 0 Å². The molecule has 2 rings (SSSR count). The minimum atomic E-state index is -0.121. The lowest BCUT2D eigenvalue weighted by atomic mass is 10.1. The molecule has 2 N–H and O–H groups in total. The zero-order valence-corrected chi connectivity index (χ0v) is 12.1. The predicted molar refractivity (Wildman–Crippen MR) is 82.1 cm³/mol. The van der Waals surface area contributed by atoms with Gasteiger partial charge >= 0.3 is 0 Å². The number of para-hydroxylation sites is 1. The fourth-order valence-corrected chi connectivity index (χ4v) is 2.36. The van der Waals surface area contributed by atoms with E-state index in [4.69, 9.17) is 5.11 Å². The average Bonchev–Trinajstić information content (AvgIpc) is 2.50. The number of rotatable bonds is 6. The number of aliphatic hydroxyl groups excluding tert-OH is 1. The van der Waals surface area contributed by atoms with Crippen LogP contribution in [0, 0.1) is 0 Å². The van der Waals surface area contributed by atoms with E-state index in [0.717, 1.165) is 11.9 Å². The van der Waals surface area contributed by atoms with Crippen molar-refractivity contribution in [2.24, 2.45) is 0 Å². The normalized spacial score (nSPS) is 12.3. The van der Waals surface area contributed by atoms with E-state index < -0.39 is 0 Å². The molecule has 21 heavy (non-hydrogen) atoms. The number of nitrogens with zero attached hydrogens (tertiary/aromatic N) is 1. The van der Waals surface area contributed by atoms with Crippen LogP contribution in [0.1, 0.15) is 19.8 Å². The molecule has 1 atom stereocenters. The van der Waals surface area contributed by atoms with E-state index in [2.05, 4.69) is 5.32 Å². The van der Waals surface area contributed by atoms with Gasteiger partial charge in [-0.25, -0.2) is 0 Å². The fraction of sp³-hybridized carbons (Fsp3) is 0.375. The molecule has 1 aromatic heterocycles. The van der Waals surface area contributed by atoms with Crippen LogP contribution in [0.15, 0.2) is 41.3 Å². The summed E-state index contributed by atoms with van der Waals surface area (Å²) in [6.07, 6.45) is 2.96. The highest BCUT2D eigenvalue weighted by molar-refractivity contribution is 5.82. The Bertz CT molecular complexity index is 679. The van der Waals surface area contributed by atoms with Gasteiger partial charge in [-0.05, 0) is 25.0 Å². The second kappa shape index (κ2) is 7.04. The topological polar surface area (TPSA) is 71.3 Å². The number of aliphatic hydroxyl groups is 1. The van der Waals surface area contributed by atoms with Gasteiger partial charge in [0.05, 0.1) is 5.52 Å². The van der Waals surface area contributed by atoms with Gasteiger partial charge in [-0.1, -0.05) is 19.1 Å². The predicted octanol–water partition coefficient (Wildman–Crippen LogP) is 1.28. The number of nitrogens with one attached hydrogen (secondary N) is 1. The van der Waals surface area contributed by atoms with Gasteiger partial charge in [0, 0.05) is 30.3 Å². The summed E-state index contributed by atoms with van der Waals surface area (Å²) < 4.78 is 1.76. The molecular formula is C16H20N2O3. The van der Waals surface area contributed by atoms with Gasteiger partial charge in [0.25, 0.3) is 0 Å². The Kier molecular flexibility index (Phi) is 5.11. The molecule has 1 unspecified atom stereocenters. The molecule has 0 aliphatic rings. The Labute approximate surface area is 123 Å². The highest BCUT2D eigenvalue weighted by Gasteiger charge is 2.11. The van der Waals surface area contributed by atoms with Crippen LogP contribution in [0.2, 0.25) is 0 Å². The minimum Gasteiger partial charge on any atom is -0.396 e. The molecule has 0 aliphatic heterocycles. The quantitative estimate of drug-likeness (QED) is 0.841.